The molecule has 0 atom stereocenters. The molecular formula is C12H8ClN3O2. The van der Waals surface area contributed by atoms with Crippen LogP contribution in [0.4, 0.5) is 5.69 Å². The first-order valence-electron chi connectivity index (χ1n) is 5.16. The summed E-state index contributed by atoms with van der Waals surface area (Å²) in [7, 11) is 0. The first-order chi connectivity index (χ1) is 8.74. The summed E-state index contributed by atoms with van der Waals surface area (Å²) >= 11 is 5.83. The molecule has 0 unspecified atom stereocenters. The number of hydrogen-bond donors (Lipinski definition) is 1. The third kappa shape index (κ3) is 1.84. The number of nitrogen functional groups attached to an aromatic ring is 1. The number of anilines is 1. The molecule has 0 spiro atoms. The van der Waals surface area contributed by atoms with Crippen molar-refractivity contribution >= 4 is 17.3 Å². The van der Waals surface area contributed by atoms with E-state index in [0.717, 1.165) is 5.56 Å². The molecule has 0 aliphatic rings. The summed E-state index contributed by atoms with van der Waals surface area (Å²) < 4.78 is 10.1. The summed E-state index contributed by atoms with van der Waals surface area (Å²) in [4.78, 5) is 4.25. The average molecular weight is 262 g/mol. The topological polar surface area (TPSA) is 78.1 Å². The van der Waals surface area contributed by atoms with Crippen LogP contribution in [-0.2, 0) is 0 Å². The Hall–Kier alpha value is -2.27. The smallest absolute Gasteiger partial charge is 0.260 e. The second kappa shape index (κ2) is 4.19. The molecule has 0 radical (unpaired) electrons. The third-order valence-corrected chi connectivity index (χ3v) is 2.68. The van der Waals surface area contributed by atoms with Crippen LogP contribution in [0.1, 0.15) is 0 Å². The summed E-state index contributed by atoms with van der Waals surface area (Å²) in [5.41, 5.74) is 7.74. The highest BCUT2D eigenvalue weighted by molar-refractivity contribution is 6.31. The molecule has 18 heavy (non-hydrogen) atoms. The van der Waals surface area contributed by atoms with E-state index in [0.29, 0.717) is 28.0 Å². The van der Waals surface area contributed by atoms with Crippen LogP contribution in [0.5, 0.6) is 0 Å². The van der Waals surface area contributed by atoms with Crippen molar-refractivity contribution in [2.24, 2.45) is 0 Å². The zero-order chi connectivity index (χ0) is 12.5. The lowest BCUT2D eigenvalue weighted by molar-refractivity contribution is 0.432. The van der Waals surface area contributed by atoms with Crippen LogP contribution in [0.3, 0.4) is 0 Å². The van der Waals surface area contributed by atoms with Gasteiger partial charge < -0.3 is 14.7 Å². The maximum absolute atomic E-state index is 5.85. The normalized spacial score (nSPS) is 10.7. The second-order valence-electron chi connectivity index (χ2n) is 3.67. The summed E-state index contributed by atoms with van der Waals surface area (Å²) in [5.74, 6) is 0.800. The van der Waals surface area contributed by atoms with E-state index < -0.39 is 0 Å². The van der Waals surface area contributed by atoms with E-state index in [1.165, 1.54) is 0 Å². The molecular weight excluding hydrogens is 254 g/mol. The van der Waals surface area contributed by atoms with E-state index in [-0.39, 0.29) is 0 Å². The van der Waals surface area contributed by atoms with Gasteiger partial charge in [-0.15, -0.1) is 0 Å². The first-order valence-corrected chi connectivity index (χ1v) is 5.53. The van der Waals surface area contributed by atoms with Crippen molar-refractivity contribution in [2.45, 2.75) is 0 Å². The van der Waals surface area contributed by atoms with Gasteiger partial charge in [-0.05, 0) is 24.3 Å². The quantitative estimate of drug-likeness (QED) is 0.717. The van der Waals surface area contributed by atoms with Crippen LogP contribution in [-0.4, -0.2) is 10.1 Å². The largest absolute Gasteiger partial charge is 0.472 e. The number of hydrogen-bond acceptors (Lipinski definition) is 5. The van der Waals surface area contributed by atoms with E-state index in [2.05, 4.69) is 10.1 Å². The summed E-state index contributed by atoms with van der Waals surface area (Å²) in [5, 5.41) is 4.42. The number of nitrogens with zero attached hydrogens (tertiary/aromatic N) is 2. The zero-order valence-electron chi connectivity index (χ0n) is 9.13. The van der Waals surface area contributed by atoms with E-state index in [1.54, 1.807) is 36.8 Å². The van der Waals surface area contributed by atoms with Crippen LogP contribution >= 0.6 is 11.6 Å². The van der Waals surface area contributed by atoms with Gasteiger partial charge in [-0.1, -0.05) is 16.8 Å². The fourth-order valence-corrected chi connectivity index (χ4v) is 1.75. The molecule has 3 aromatic rings. The zero-order valence-corrected chi connectivity index (χ0v) is 9.89. The Bertz CT molecular complexity index is 676. The average Bonchev–Trinajstić information content (AvgIpc) is 2.99. The molecule has 6 heteroatoms. The van der Waals surface area contributed by atoms with E-state index in [1.807, 2.05) is 0 Å². The van der Waals surface area contributed by atoms with Crippen molar-refractivity contribution < 1.29 is 8.94 Å². The molecule has 0 aliphatic carbocycles. The van der Waals surface area contributed by atoms with Crippen molar-refractivity contribution in [3.63, 3.8) is 0 Å². The molecule has 2 N–H and O–H groups in total. The number of halogens is 1. The third-order valence-electron chi connectivity index (χ3n) is 2.45. The van der Waals surface area contributed by atoms with Gasteiger partial charge in [-0.2, -0.15) is 4.98 Å². The van der Waals surface area contributed by atoms with E-state index >= 15 is 0 Å². The van der Waals surface area contributed by atoms with Crippen LogP contribution in [0.25, 0.3) is 22.8 Å². The molecule has 90 valence electrons. The van der Waals surface area contributed by atoms with Crippen molar-refractivity contribution in [1.82, 2.24) is 10.1 Å². The van der Waals surface area contributed by atoms with Crippen LogP contribution in [0.15, 0.2) is 45.7 Å². The summed E-state index contributed by atoms with van der Waals surface area (Å²) in [6, 6.07) is 6.85. The van der Waals surface area contributed by atoms with E-state index in [9.17, 15) is 0 Å². The van der Waals surface area contributed by atoms with Crippen molar-refractivity contribution in [1.29, 1.82) is 0 Å². The highest BCUT2D eigenvalue weighted by Gasteiger charge is 2.13. The van der Waals surface area contributed by atoms with Gasteiger partial charge in [0.2, 0.25) is 5.82 Å². The summed E-state index contributed by atoms with van der Waals surface area (Å²) in [6.45, 7) is 0. The Labute approximate surface area is 107 Å². The predicted octanol–water partition coefficient (Wildman–Crippen LogP) is 3.23. The molecule has 0 bridgehead atoms. The van der Waals surface area contributed by atoms with Gasteiger partial charge in [0.1, 0.15) is 6.26 Å². The highest BCUT2D eigenvalue weighted by atomic mass is 35.5. The molecule has 2 heterocycles. The Balaban J connectivity index is 2.03. The van der Waals surface area contributed by atoms with Gasteiger partial charge in [0, 0.05) is 10.7 Å². The molecule has 2 aromatic heterocycles. The maximum Gasteiger partial charge on any atom is 0.260 e. The number of rotatable bonds is 2. The van der Waals surface area contributed by atoms with Gasteiger partial charge >= 0.3 is 0 Å². The minimum atomic E-state index is 0.348. The number of furan rings is 1. The minimum absolute atomic E-state index is 0.348. The van der Waals surface area contributed by atoms with Gasteiger partial charge in [0.05, 0.1) is 17.4 Å². The number of benzene rings is 1. The number of nitrogens with two attached hydrogens (primary N) is 1. The van der Waals surface area contributed by atoms with E-state index in [4.69, 9.17) is 26.3 Å². The lowest BCUT2D eigenvalue weighted by atomic mass is 10.2. The van der Waals surface area contributed by atoms with Crippen LogP contribution < -0.4 is 5.73 Å². The molecule has 0 saturated heterocycles. The van der Waals surface area contributed by atoms with Crippen LogP contribution in [0, 0.1) is 0 Å². The molecule has 1 aromatic carbocycles. The molecule has 3 rings (SSSR count). The fourth-order valence-electron chi connectivity index (χ4n) is 1.57. The van der Waals surface area contributed by atoms with Gasteiger partial charge in [-0.25, -0.2) is 0 Å². The van der Waals surface area contributed by atoms with Gasteiger partial charge in [0.25, 0.3) is 5.89 Å². The maximum atomic E-state index is 5.85. The fraction of sp³-hybridized carbons (Fsp3) is 0. The lowest BCUT2D eigenvalue weighted by Gasteiger charge is -1.99. The molecule has 5 nitrogen and oxygen atoms in total. The molecule has 0 aliphatic heterocycles. The second-order valence-corrected chi connectivity index (χ2v) is 4.10. The standard InChI is InChI=1S/C12H8ClN3O2/c13-8-1-2-9(10(14)5-8)12-15-11(16-18-12)7-3-4-17-6-7/h1-6H,14H2. The van der Waals surface area contributed by atoms with Crippen LogP contribution in [0.2, 0.25) is 5.02 Å². The molecule has 0 amide bonds. The Kier molecular flexibility index (Phi) is 2.53. The Morgan fingerprint density at radius 3 is 2.83 bits per heavy atom. The molecule has 0 fully saturated rings. The predicted molar refractivity (Wildman–Crippen MR) is 66.9 cm³/mol. The van der Waals surface area contributed by atoms with Crippen molar-refractivity contribution in [3.05, 3.63) is 41.8 Å². The summed E-state index contributed by atoms with van der Waals surface area (Å²) in [6.07, 6.45) is 3.09. The van der Waals surface area contributed by atoms with Gasteiger partial charge in [-0.3, -0.25) is 0 Å². The van der Waals surface area contributed by atoms with Crippen molar-refractivity contribution in [3.8, 4) is 22.8 Å². The minimum Gasteiger partial charge on any atom is -0.472 e. The first kappa shape index (κ1) is 10.9. The van der Waals surface area contributed by atoms with Gasteiger partial charge in [0.15, 0.2) is 0 Å². The monoisotopic (exact) mass is 261 g/mol. The Morgan fingerprint density at radius 2 is 2.11 bits per heavy atom. The number of aromatic nitrogens is 2. The molecule has 0 saturated carbocycles. The highest BCUT2D eigenvalue weighted by Crippen LogP contribution is 2.28. The lowest BCUT2D eigenvalue weighted by Crippen LogP contribution is -1.89. The van der Waals surface area contributed by atoms with Crippen molar-refractivity contribution in [2.75, 3.05) is 5.73 Å². The SMILES string of the molecule is Nc1cc(Cl)ccc1-c1nc(-c2ccoc2)no1. The Morgan fingerprint density at radius 1 is 1.22 bits per heavy atom.